The molecule has 0 heterocycles. The molecule has 0 aliphatic heterocycles. The van der Waals surface area contributed by atoms with Crippen molar-refractivity contribution in [2.75, 3.05) is 0 Å². The van der Waals surface area contributed by atoms with E-state index >= 15 is 0 Å². The largest absolute Gasteiger partial charge is 0.393 e. The van der Waals surface area contributed by atoms with Crippen LogP contribution in [0.2, 0.25) is 0 Å². The van der Waals surface area contributed by atoms with E-state index in [-0.39, 0.29) is 12.8 Å². The number of isothiocyanates is 1. The monoisotopic (exact) mass is 193 g/mol. The molecule has 1 saturated carbocycles. The third-order valence-corrected chi connectivity index (χ3v) is 2.04. The van der Waals surface area contributed by atoms with Gasteiger partial charge in [0.2, 0.25) is 0 Å². The predicted octanol–water partition coefficient (Wildman–Crippen LogP) is 1.29. The lowest BCUT2D eigenvalue weighted by molar-refractivity contribution is 0.0256. The lowest BCUT2D eigenvalue weighted by Gasteiger charge is -2.28. The second kappa shape index (κ2) is 4.03. The smallest absolute Gasteiger partial charge is 0.128 e. The zero-order chi connectivity index (χ0) is 9.14. The fraction of sp³-hybridized carbons (Fsp3) is 0.857. The molecular formula is C7H9F2NOS. The van der Waals surface area contributed by atoms with E-state index in [0.717, 1.165) is 0 Å². The van der Waals surface area contributed by atoms with Gasteiger partial charge in [0.05, 0.1) is 11.3 Å². The van der Waals surface area contributed by atoms with E-state index < -0.39 is 24.5 Å². The van der Waals surface area contributed by atoms with E-state index in [2.05, 4.69) is 17.2 Å². The van der Waals surface area contributed by atoms with Crippen LogP contribution in [-0.2, 0) is 0 Å². The van der Waals surface area contributed by atoms with E-state index in [9.17, 15) is 8.78 Å². The Balaban J connectivity index is 2.66. The van der Waals surface area contributed by atoms with Gasteiger partial charge in [0.1, 0.15) is 18.4 Å². The van der Waals surface area contributed by atoms with Gasteiger partial charge in [-0.05, 0) is 12.2 Å². The molecule has 1 fully saturated rings. The Morgan fingerprint density at radius 2 is 1.83 bits per heavy atom. The summed E-state index contributed by atoms with van der Waals surface area (Å²) in [5.74, 6) is 0. The first kappa shape index (κ1) is 9.71. The third-order valence-electron chi connectivity index (χ3n) is 1.94. The molecular weight excluding hydrogens is 184 g/mol. The normalized spacial score (nSPS) is 41.9. The Hall–Kier alpha value is -0.380. The second-order valence-corrected chi connectivity index (χ2v) is 3.05. The number of hydrogen-bond donors (Lipinski definition) is 1. The molecule has 0 spiro atoms. The van der Waals surface area contributed by atoms with Crippen molar-refractivity contribution in [3.05, 3.63) is 0 Å². The van der Waals surface area contributed by atoms with Gasteiger partial charge in [-0.15, -0.1) is 0 Å². The molecule has 0 bridgehead atoms. The molecule has 0 saturated heterocycles. The molecule has 2 nitrogen and oxygen atoms in total. The van der Waals surface area contributed by atoms with Gasteiger partial charge in [-0.2, -0.15) is 0 Å². The lowest BCUT2D eigenvalue weighted by Crippen LogP contribution is -2.40. The first-order chi connectivity index (χ1) is 5.65. The molecule has 0 aromatic carbocycles. The number of thiocarbonyl (C=S) groups is 1. The number of hydrogen-bond acceptors (Lipinski definition) is 3. The van der Waals surface area contributed by atoms with Crippen LogP contribution in [0.3, 0.4) is 0 Å². The van der Waals surface area contributed by atoms with Gasteiger partial charge in [0.15, 0.2) is 0 Å². The Kier molecular flexibility index (Phi) is 3.26. The zero-order valence-corrected chi connectivity index (χ0v) is 7.10. The van der Waals surface area contributed by atoms with Crippen LogP contribution in [0.15, 0.2) is 4.99 Å². The fourth-order valence-corrected chi connectivity index (χ4v) is 1.47. The van der Waals surface area contributed by atoms with Crippen molar-refractivity contribution >= 4 is 17.4 Å². The van der Waals surface area contributed by atoms with Crippen LogP contribution in [0, 0.1) is 0 Å². The number of nitrogens with zero attached hydrogens (tertiary/aromatic N) is 1. The van der Waals surface area contributed by atoms with Crippen molar-refractivity contribution in [3.63, 3.8) is 0 Å². The first-order valence-electron chi connectivity index (χ1n) is 3.68. The van der Waals surface area contributed by atoms with Crippen molar-refractivity contribution in [1.82, 2.24) is 0 Å². The molecule has 68 valence electrons. The summed E-state index contributed by atoms with van der Waals surface area (Å²) in [6, 6.07) is -1.06. The molecule has 0 aromatic rings. The minimum atomic E-state index is -1.45. The van der Waals surface area contributed by atoms with E-state index in [1.54, 1.807) is 0 Å². The summed E-state index contributed by atoms with van der Waals surface area (Å²) >= 11 is 4.26. The Bertz CT molecular complexity index is 196. The summed E-state index contributed by atoms with van der Waals surface area (Å²) in [6.45, 7) is 0. The van der Waals surface area contributed by atoms with Gasteiger partial charge in [-0.1, -0.05) is 0 Å². The first-order valence-corrected chi connectivity index (χ1v) is 4.09. The van der Waals surface area contributed by atoms with Gasteiger partial charge < -0.3 is 5.11 Å². The third kappa shape index (κ3) is 2.06. The summed E-state index contributed by atoms with van der Waals surface area (Å²) in [7, 11) is 0. The number of aliphatic hydroxyl groups is 1. The number of aliphatic imine (C=N–C) groups is 1. The molecule has 5 heteroatoms. The molecule has 0 radical (unpaired) electrons. The van der Waals surface area contributed by atoms with Crippen molar-refractivity contribution in [1.29, 1.82) is 0 Å². The molecule has 1 N–H and O–H groups in total. The van der Waals surface area contributed by atoms with Crippen LogP contribution >= 0.6 is 12.2 Å². The number of alkyl halides is 2. The van der Waals surface area contributed by atoms with Gasteiger partial charge in [-0.25, -0.2) is 13.8 Å². The van der Waals surface area contributed by atoms with Gasteiger partial charge in [-0.3, -0.25) is 0 Å². The van der Waals surface area contributed by atoms with E-state index in [4.69, 9.17) is 5.11 Å². The van der Waals surface area contributed by atoms with E-state index in [1.165, 1.54) is 0 Å². The Labute approximate surface area is 74.3 Å². The quantitative estimate of drug-likeness (QED) is 0.502. The molecule has 1 aliphatic carbocycles. The zero-order valence-electron chi connectivity index (χ0n) is 6.28. The summed E-state index contributed by atoms with van der Waals surface area (Å²) in [6.07, 6.45) is -3.91. The second-order valence-electron chi connectivity index (χ2n) is 2.87. The van der Waals surface area contributed by atoms with Crippen molar-refractivity contribution in [2.24, 2.45) is 4.99 Å². The van der Waals surface area contributed by atoms with Crippen LogP contribution in [0.4, 0.5) is 8.78 Å². The van der Waals surface area contributed by atoms with Crippen LogP contribution in [0.25, 0.3) is 0 Å². The minimum Gasteiger partial charge on any atom is -0.393 e. The van der Waals surface area contributed by atoms with Crippen LogP contribution in [0.1, 0.15) is 12.8 Å². The molecule has 2 atom stereocenters. The maximum atomic E-state index is 13.0. The minimum absolute atomic E-state index is 0.0639. The summed E-state index contributed by atoms with van der Waals surface area (Å²) < 4.78 is 25.9. The molecule has 0 amide bonds. The van der Waals surface area contributed by atoms with Gasteiger partial charge in [0.25, 0.3) is 0 Å². The maximum absolute atomic E-state index is 13.0. The summed E-state index contributed by atoms with van der Waals surface area (Å²) in [5, 5.41) is 10.9. The van der Waals surface area contributed by atoms with Crippen LogP contribution < -0.4 is 0 Å². The summed E-state index contributed by atoms with van der Waals surface area (Å²) in [5.41, 5.74) is 0. The molecule has 0 aromatic heterocycles. The average molecular weight is 193 g/mol. The van der Waals surface area contributed by atoms with Crippen molar-refractivity contribution in [2.45, 2.75) is 37.3 Å². The number of halogens is 2. The maximum Gasteiger partial charge on any atom is 0.128 e. The Morgan fingerprint density at radius 1 is 1.33 bits per heavy atom. The number of aliphatic hydroxyl groups excluding tert-OH is 1. The van der Waals surface area contributed by atoms with Crippen LogP contribution in [-0.4, -0.2) is 34.8 Å². The summed E-state index contributed by atoms with van der Waals surface area (Å²) in [4.78, 5) is 3.38. The highest BCUT2D eigenvalue weighted by atomic mass is 32.1. The molecule has 1 aliphatic rings. The topological polar surface area (TPSA) is 32.6 Å². The molecule has 2 unspecified atom stereocenters. The standard InChI is InChI=1S/C7H9F2NOS/c8-5-1-4(11)2-6(9)7(5)10-3-12/h4-7,11H,1-2H2. The highest BCUT2D eigenvalue weighted by Gasteiger charge is 2.37. The SMILES string of the molecule is OC1CC(F)C(N=C=S)C(F)C1. The van der Waals surface area contributed by atoms with Crippen LogP contribution in [0.5, 0.6) is 0 Å². The highest BCUT2D eigenvalue weighted by Crippen LogP contribution is 2.26. The van der Waals surface area contributed by atoms with E-state index in [0.29, 0.717) is 0 Å². The fourth-order valence-electron chi connectivity index (χ4n) is 1.34. The molecule has 1 rings (SSSR count). The number of rotatable bonds is 1. The van der Waals surface area contributed by atoms with Gasteiger partial charge in [0, 0.05) is 12.8 Å². The molecule has 12 heavy (non-hydrogen) atoms. The average Bonchev–Trinajstić information content (AvgIpc) is 1.96. The van der Waals surface area contributed by atoms with Crippen molar-refractivity contribution < 1.29 is 13.9 Å². The lowest BCUT2D eigenvalue weighted by atomic mass is 9.90. The Morgan fingerprint density at radius 3 is 2.25 bits per heavy atom. The van der Waals surface area contributed by atoms with Crippen molar-refractivity contribution in [3.8, 4) is 0 Å². The van der Waals surface area contributed by atoms with Gasteiger partial charge >= 0.3 is 0 Å². The van der Waals surface area contributed by atoms with E-state index in [1.807, 2.05) is 5.16 Å². The highest BCUT2D eigenvalue weighted by molar-refractivity contribution is 7.78. The predicted molar refractivity (Wildman–Crippen MR) is 43.8 cm³/mol.